The number of hydrogen-bond acceptors (Lipinski definition) is 2. The minimum atomic E-state index is -1.25. The second kappa shape index (κ2) is 3.99. The smallest absolute Gasteiger partial charge is 0.115 e. The van der Waals surface area contributed by atoms with Gasteiger partial charge in [0, 0.05) is 5.69 Å². The Labute approximate surface area is 95.4 Å². The monoisotopic (exact) mass is 212 g/mol. The van der Waals surface area contributed by atoms with Gasteiger partial charge in [0.05, 0.1) is 0 Å². The Bertz CT molecular complexity index is 477. The SMILES string of the molecule is [CH2]C(O)(c1ccccc1)c1cccc(N)c1. The molecule has 0 saturated heterocycles. The van der Waals surface area contributed by atoms with Crippen LogP contribution in [0.3, 0.4) is 0 Å². The van der Waals surface area contributed by atoms with Gasteiger partial charge in [-0.3, -0.25) is 0 Å². The summed E-state index contributed by atoms with van der Waals surface area (Å²) in [7, 11) is 0. The van der Waals surface area contributed by atoms with E-state index in [0.717, 1.165) is 5.56 Å². The molecule has 1 atom stereocenters. The largest absolute Gasteiger partial charge is 0.399 e. The second-order valence-corrected chi connectivity index (χ2v) is 3.85. The number of aliphatic hydroxyl groups is 1. The number of anilines is 1. The zero-order valence-electron chi connectivity index (χ0n) is 8.93. The molecule has 1 radical (unpaired) electrons. The van der Waals surface area contributed by atoms with Gasteiger partial charge in [0.25, 0.3) is 0 Å². The molecule has 0 aliphatic carbocycles. The highest BCUT2D eigenvalue weighted by Crippen LogP contribution is 2.29. The van der Waals surface area contributed by atoms with Crippen LogP contribution in [0.5, 0.6) is 0 Å². The third-order valence-electron chi connectivity index (χ3n) is 2.62. The molecule has 3 N–H and O–H groups in total. The lowest BCUT2D eigenvalue weighted by Gasteiger charge is -2.24. The molecule has 0 spiro atoms. The summed E-state index contributed by atoms with van der Waals surface area (Å²) >= 11 is 0. The lowest BCUT2D eigenvalue weighted by Crippen LogP contribution is -2.23. The van der Waals surface area contributed by atoms with Gasteiger partial charge in [0.15, 0.2) is 0 Å². The highest BCUT2D eigenvalue weighted by atomic mass is 16.3. The summed E-state index contributed by atoms with van der Waals surface area (Å²) in [6, 6.07) is 16.5. The first kappa shape index (κ1) is 10.7. The molecule has 2 aromatic carbocycles. The first-order valence-corrected chi connectivity index (χ1v) is 5.10. The van der Waals surface area contributed by atoms with Crippen LogP contribution >= 0.6 is 0 Å². The van der Waals surface area contributed by atoms with Crippen molar-refractivity contribution in [3.63, 3.8) is 0 Å². The van der Waals surface area contributed by atoms with Gasteiger partial charge in [-0.25, -0.2) is 0 Å². The fourth-order valence-electron chi connectivity index (χ4n) is 1.68. The van der Waals surface area contributed by atoms with Crippen molar-refractivity contribution >= 4 is 5.69 Å². The Balaban J connectivity index is 2.47. The lowest BCUT2D eigenvalue weighted by molar-refractivity contribution is 0.131. The molecule has 1 unspecified atom stereocenters. The summed E-state index contributed by atoms with van der Waals surface area (Å²) in [6.45, 7) is 3.85. The van der Waals surface area contributed by atoms with E-state index in [-0.39, 0.29) is 0 Å². The average molecular weight is 212 g/mol. The van der Waals surface area contributed by atoms with Crippen molar-refractivity contribution in [2.24, 2.45) is 0 Å². The molecular weight excluding hydrogens is 198 g/mol. The normalized spacial score (nSPS) is 14.4. The van der Waals surface area contributed by atoms with Crippen LogP contribution in [0.2, 0.25) is 0 Å². The fourth-order valence-corrected chi connectivity index (χ4v) is 1.68. The van der Waals surface area contributed by atoms with E-state index in [2.05, 4.69) is 6.92 Å². The van der Waals surface area contributed by atoms with Crippen LogP contribution in [0.25, 0.3) is 0 Å². The van der Waals surface area contributed by atoms with Gasteiger partial charge < -0.3 is 10.8 Å². The highest BCUT2D eigenvalue weighted by molar-refractivity contribution is 5.46. The van der Waals surface area contributed by atoms with E-state index in [1.165, 1.54) is 0 Å². The maximum Gasteiger partial charge on any atom is 0.115 e. The molecular formula is C14H14NO. The molecule has 0 aromatic heterocycles. The van der Waals surface area contributed by atoms with Crippen LogP contribution in [0, 0.1) is 6.92 Å². The molecule has 2 nitrogen and oxygen atoms in total. The molecule has 0 fully saturated rings. The minimum Gasteiger partial charge on any atom is -0.399 e. The van der Waals surface area contributed by atoms with Crippen LogP contribution in [-0.2, 0) is 5.60 Å². The van der Waals surface area contributed by atoms with Crippen LogP contribution < -0.4 is 5.73 Å². The summed E-state index contributed by atoms with van der Waals surface area (Å²) in [5.41, 5.74) is 6.51. The first-order valence-electron chi connectivity index (χ1n) is 5.10. The second-order valence-electron chi connectivity index (χ2n) is 3.85. The number of hydrogen-bond donors (Lipinski definition) is 2. The topological polar surface area (TPSA) is 46.2 Å². The van der Waals surface area contributed by atoms with Crippen molar-refractivity contribution < 1.29 is 5.11 Å². The molecule has 0 bridgehead atoms. The maximum absolute atomic E-state index is 10.4. The van der Waals surface area contributed by atoms with Crippen LogP contribution in [0.15, 0.2) is 54.6 Å². The Morgan fingerprint density at radius 3 is 2.19 bits per heavy atom. The van der Waals surface area contributed by atoms with Crippen molar-refractivity contribution in [1.82, 2.24) is 0 Å². The zero-order valence-corrected chi connectivity index (χ0v) is 8.93. The van der Waals surface area contributed by atoms with Crippen molar-refractivity contribution in [2.45, 2.75) is 5.60 Å². The molecule has 0 aliphatic rings. The van der Waals surface area contributed by atoms with Crippen molar-refractivity contribution in [1.29, 1.82) is 0 Å². The van der Waals surface area contributed by atoms with E-state index in [1.54, 1.807) is 12.1 Å². The Hall–Kier alpha value is -1.80. The predicted molar refractivity (Wildman–Crippen MR) is 65.7 cm³/mol. The number of rotatable bonds is 2. The predicted octanol–water partition coefficient (Wildman–Crippen LogP) is 2.34. The molecule has 2 aromatic rings. The van der Waals surface area contributed by atoms with Gasteiger partial charge in [-0.05, 0) is 30.2 Å². The van der Waals surface area contributed by atoms with E-state index in [9.17, 15) is 5.11 Å². The summed E-state index contributed by atoms with van der Waals surface area (Å²) in [6.07, 6.45) is 0. The van der Waals surface area contributed by atoms with E-state index < -0.39 is 5.60 Å². The summed E-state index contributed by atoms with van der Waals surface area (Å²) in [4.78, 5) is 0. The van der Waals surface area contributed by atoms with E-state index >= 15 is 0 Å². The standard InChI is InChI=1S/C14H14NO/c1-14(16,11-6-3-2-4-7-11)12-8-5-9-13(15)10-12/h2-10,16H,1,15H2. The number of nitrogen functional groups attached to an aromatic ring is 1. The molecule has 81 valence electrons. The Kier molecular flexibility index (Phi) is 2.67. The minimum absolute atomic E-state index is 0.621. The van der Waals surface area contributed by atoms with Crippen LogP contribution in [0.4, 0.5) is 5.69 Å². The third-order valence-corrected chi connectivity index (χ3v) is 2.62. The quantitative estimate of drug-likeness (QED) is 0.750. The number of nitrogens with two attached hydrogens (primary N) is 1. The average Bonchev–Trinajstić information content (AvgIpc) is 2.30. The first-order chi connectivity index (χ1) is 7.60. The molecule has 16 heavy (non-hydrogen) atoms. The van der Waals surface area contributed by atoms with Crippen molar-refractivity contribution in [3.05, 3.63) is 72.6 Å². The van der Waals surface area contributed by atoms with E-state index in [0.29, 0.717) is 11.3 Å². The van der Waals surface area contributed by atoms with Gasteiger partial charge >= 0.3 is 0 Å². The van der Waals surface area contributed by atoms with Gasteiger partial charge in [-0.2, -0.15) is 0 Å². The zero-order chi connectivity index (χ0) is 11.6. The van der Waals surface area contributed by atoms with Gasteiger partial charge in [0.2, 0.25) is 0 Å². The molecule has 0 heterocycles. The van der Waals surface area contributed by atoms with Gasteiger partial charge in [-0.1, -0.05) is 42.5 Å². The molecule has 0 aliphatic heterocycles. The van der Waals surface area contributed by atoms with Crippen molar-refractivity contribution in [2.75, 3.05) is 5.73 Å². The number of benzene rings is 2. The molecule has 2 rings (SSSR count). The maximum atomic E-state index is 10.4. The molecule has 0 amide bonds. The third kappa shape index (κ3) is 1.92. The van der Waals surface area contributed by atoms with E-state index in [1.807, 2.05) is 42.5 Å². The summed E-state index contributed by atoms with van der Waals surface area (Å²) < 4.78 is 0. The van der Waals surface area contributed by atoms with Crippen LogP contribution in [-0.4, -0.2) is 5.11 Å². The summed E-state index contributed by atoms with van der Waals surface area (Å²) in [5.74, 6) is 0. The molecule has 2 heteroatoms. The van der Waals surface area contributed by atoms with Gasteiger partial charge in [-0.15, -0.1) is 0 Å². The lowest BCUT2D eigenvalue weighted by atomic mass is 9.88. The highest BCUT2D eigenvalue weighted by Gasteiger charge is 2.25. The van der Waals surface area contributed by atoms with Gasteiger partial charge in [0.1, 0.15) is 5.60 Å². The van der Waals surface area contributed by atoms with Crippen molar-refractivity contribution in [3.8, 4) is 0 Å². The fraction of sp³-hybridized carbons (Fsp3) is 0.0714. The van der Waals surface area contributed by atoms with E-state index in [4.69, 9.17) is 5.73 Å². The summed E-state index contributed by atoms with van der Waals surface area (Å²) in [5, 5.41) is 10.4. The molecule has 0 saturated carbocycles. The Morgan fingerprint density at radius 2 is 1.56 bits per heavy atom. The Morgan fingerprint density at radius 1 is 0.938 bits per heavy atom. The van der Waals surface area contributed by atoms with Crippen LogP contribution in [0.1, 0.15) is 11.1 Å².